The molecule has 6 heteroatoms. The van der Waals surface area contributed by atoms with E-state index in [1.165, 1.54) is 18.2 Å². The number of carbonyl (C=O) groups is 2. The third kappa shape index (κ3) is 4.86. The summed E-state index contributed by atoms with van der Waals surface area (Å²) < 4.78 is 5.69. The van der Waals surface area contributed by atoms with Crippen LogP contribution >= 0.6 is 11.6 Å². The highest BCUT2D eigenvalue weighted by atomic mass is 35.5. The lowest BCUT2D eigenvalue weighted by Gasteiger charge is -2.03. The van der Waals surface area contributed by atoms with E-state index in [0.29, 0.717) is 23.1 Å². The van der Waals surface area contributed by atoms with Gasteiger partial charge in [-0.05, 0) is 48.0 Å². The number of aromatic carboxylic acids is 1. The van der Waals surface area contributed by atoms with Gasteiger partial charge in [0.25, 0.3) is 0 Å². The molecule has 1 amide bonds. The number of furan rings is 1. The Morgan fingerprint density at radius 3 is 2.48 bits per heavy atom. The normalized spacial score (nSPS) is 10.9. The monoisotopic (exact) mass is 381 g/mol. The van der Waals surface area contributed by atoms with Crippen LogP contribution in [0.5, 0.6) is 0 Å². The maximum atomic E-state index is 11.9. The minimum Gasteiger partial charge on any atom is -0.478 e. The molecule has 2 aromatic carbocycles. The quantitative estimate of drug-likeness (QED) is 0.610. The van der Waals surface area contributed by atoms with Gasteiger partial charge in [0.1, 0.15) is 11.5 Å². The highest BCUT2D eigenvalue weighted by Crippen LogP contribution is 2.29. The van der Waals surface area contributed by atoms with E-state index in [9.17, 15) is 9.59 Å². The summed E-state index contributed by atoms with van der Waals surface area (Å²) in [5.74, 6) is -0.110. The van der Waals surface area contributed by atoms with E-state index < -0.39 is 5.97 Å². The second-order valence-corrected chi connectivity index (χ2v) is 6.14. The smallest absolute Gasteiger partial charge is 0.335 e. The number of hydrogen-bond donors (Lipinski definition) is 2. The van der Waals surface area contributed by atoms with E-state index in [-0.39, 0.29) is 11.5 Å². The van der Waals surface area contributed by atoms with Crippen molar-refractivity contribution in [2.75, 3.05) is 0 Å². The molecular formula is C21H16ClNO4. The van der Waals surface area contributed by atoms with E-state index in [1.54, 1.807) is 36.4 Å². The van der Waals surface area contributed by atoms with Gasteiger partial charge in [0.15, 0.2) is 0 Å². The number of carboxylic acid groups (broad SMARTS) is 1. The first-order valence-electron chi connectivity index (χ1n) is 8.16. The minimum absolute atomic E-state index is 0.206. The maximum absolute atomic E-state index is 11.9. The van der Waals surface area contributed by atoms with Crippen LogP contribution in [0.25, 0.3) is 17.4 Å². The molecular weight excluding hydrogens is 366 g/mol. The van der Waals surface area contributed by atoms with Gasteiger partial charge in [0.2, 0.25) is 5.91 Å². The average molecular weight is 382 g/mol. The van der Waals surface area contributed by atoms with Gasteiger partial charge in [0.05, 0.1) is 10.6 Å². The Morgan fingerprint density at radius 2 is 1.78 bits per heavy atom. The number of amides is 1. The van der Waals surface area contributed by atoms with Gasteiger partial charge >= 0.3 is 5.97 Å². The number of hydrogen-bond acceptors (Lipinski definition) is 3. The number of benzene rings is 2. The molecule has 2 N–H and O–H groups in total. The Hall–Kier alpha value is -3.31. The van der Waals surface area contributed by atoms with Crippen molar-refractivity contribution in [1.29, 1.82) is 0 Å². The number of carbonyl (C=O) groups excluding carboxylic acids is 1. The molecule has 0 saturated heterocycles. The SMILES string of the molecule is O=C(/C=C/c1ccc(-c2ccccc2Cl)o1)NCc1ccc(C(=O)O)cc1. The summed E-state index contributed by atoms with van der Waals surface area (Å²) >= 11 is 6.15. The number of rotatable bonds is 6. The molecule has 0 aliphatic rings. The van der Waals surface area contributed by atoms with E-state index >= 15 is 0 Å². The van der Waals surface area contributed by atoms with Crippen molar-refractivity contribution < 1.29 is 19.1 Å². The lowest BCUT2D eigenvalue weighted by atomic mass is 10.1. The molecule has 0 fully saturated rings. The van der Waals surface area contributed by atoms with Crippen molar-refractivity contribution in [3.05, 3.63) is 88.6 Å². The zero-order valence-electron chi connectivity index (χ0n) is 14.2. The first-order valence-corrected chi connectivity index (χ1v) is 8.53. The van der Waals surface area contributed by atoms with Gasteiger partial charge in [-0.2, -0.15) is 0 Å². The van der Waals surface area contributed by atoms with Gasteiger partial charge < -0.3 is 14.8 Å². The predicted molar refractivity (Wildman–Crippen MR) is 103 cm³/mol. The van der Waals surface area contributed by atoms with Crippen molar-refractivity contribution in [2.45, 2.75) is 6.54 Å². The molecule has 1 aromatic heterocycles. The molecule has 0 unspecified atom stereocenters. The molecule has 0 radical (unpaired) electrons. The molecule has 0 aliphatic heterocycles. The van der Waals surface area contributed by atoms with Crippen molar-refractivity contribution in [3.63, 3.8) is 0 Å². The second kappa shape index (κ2) is 8.38. The molecule has 27 heavy (non-hydrogen) atoms. The fraction of sp³-hybridized carbons (Fsp3) is 0.0476. The van der Waals surface area contributed by atoms with E-state index in [2.05, 4.69) is 5.32 Å². The predicted octanol–water partition coefficient (Wildman–Crippen LogP) is 4.63. The minimum atomic E-state index is -0.983. The van der Waals surface area contributed by atoms with Crippen molar-refractivity contribution in [3.8, 4) is 11.3 Å². The molecule has 0 aliphatic carbocycles. The van der Waals surface area contributed by atoms with Gasteiger partial charge in [-0.15, -0.1) is 0 Å². The van der Waals surface area contributed by atoms with Gasteiger partial charge in [0, 0.05) is 18.2 Å². The standard InChI is InChI=1S/C21H16ClNO4/c22-18-4-2-1-3-17(18)19-11-9-16(27-19)10-12-20(24)23-13-14-5-7-15(8-6-14)21(25)26/h1-12H,13H2,(H,23,24)(H,25,26)/b12-10+. The van der Waals surface area contributed by atoms with Crippen LogP contribution < -0.4 is 5.32 Å². The number of carboxylic acids is 1. The van der Waals surface area contributed by atoms with Crippen LogP contribution in [0.1, 0.15) is 21.7 Å². The molecule has 3 rings (SSSR count). The topological polar surface area (TPSA) is 79.5 Å². The summed E-state index contributed by atoms with van der Waals surface area (Å²) in [5, 5.41) is 12.2. The van der Waals surface area contributed by atoms with Crippen LogP contribution in [0.4, 0.5) is 0 Å². The summed E-state index contributed by atoms with van der Waals surface area (Å²) in [7, 11) is 0. The summed E-state index contributed by atoms with van der Waals surface area (Å²) in [5.41, 5.74) is 1.80. The zero-order chi connectivity index (χ0) is 19.2. The fourth-order valence-corrected chi connectivity index (χ4v) is 2.65. The molecule has 0 atom stereocenters. The Balaban J connectivity index is 1.57. The summed E-state index contributed by atoms with van der Waals surface area (Å²) in [4.78, 5) is 22.8. The summed E-state index contributed by atoms with van der Waals surface area (Å²) in [6.45, 7) is 0.298. The Morgan fingerprint density at radius 1 is 1.04 bits per heavy atom. The third-order valence-electron chi connectivity index (χ3n) is 3.83. The van der Waals surface area contributed by atoms with Gasteiger partial charge in [-0.25, -0.2) is 4.79 Å². The van der Waals surface area contributed by atoms with Gasteiger partial charge in [-0.3, -0.25) is 4.79 Å². The number of nitrogens with one attached hydrogen (secondary N) is 1. The fourth-order valence-electron chi connectivity index (χ4n) is 2.42. The van der Waals surface area contributed by atoms with Crippen LogP contribution in [0.15, 0.2) is 71.2 Å². The zero-order valence-corrected chi connectivity index (χ0v) is 14.9. The van der Waals surface area contributed by atoms with Crippen LogP contribution in [0, 0.1) is 0 Å². The molecule has 1 heterocycles. The van der Waals surface area contributed by atoms with E-state index in [1.807, 2.05) is 18.2 Å². The molecule has 0 bridgehead atoms. The first kappa shape index (κ1) is 18.5. The molecule has 136 valence electrons. The third-order valence-corrected chi connectivity index (χ3v) is 4.16. The lowest BCUT2D eigenvalue weighted by molar-refractivity contribution is -0.116. The largest absolute Gasteiger partial charge is 0.478 e. The lowest BCUT2D eigenvalue weighted by Crippen LogP contribution is -2.20. The first-order chi connectivity index (χ1) is 13.0. The summed E-state index contributed by atoms with van der Waals surface area (Å²) in [6, 6.07) is 17.2. The maximum Gasteiger partial charge on any atom is 0.335 e. The van der Waals surface area contributed by atoms with Crippen molar-refractivity contribution in [2.24, 2.45) is 0 Å². The molecule has 3 aromatic rings. The van der Waals surface area contributed by atoms with Crippen LogP contribution in [-0.2, 0) is 11.3 Å². The summed E-state index contributed by atoms with van der Waals surface area (Å²) in [6.07, 6.45) is 2.95. The highest BCUT2D eigenvalue weighted by Gasteiger charge is 2.07. The molecule has 0 saturated carbocycles. The highest BCUT2D eigenvalue weighted by molar-refractivity contribution is 6.33. The van der Waals surface area contributed by atoms with E-state index in [4.69, 9.17) is 21.1 Å². The Labute approximate surface area is 160 Å². The van der Waals surface area contributed by atoms with Crippen LogP contribution in [0.2, 0.25) is 5.02 Å². The number of halogens is 1. The van der Waals surface area contributed by atoms with Crippen molar-refractivity contribution in [1.82, 2.24) is 5.32 Å². The van der Waals surface area contributed by atoms with Crippen LogP contribution in [-0.4, -0.2) is 17.0 Å². The molecule has 0 spiro atoms. The van der Waals surface area contributed by atoms with Crippen molar-refractivity contribution >= 4 is 29.6 Å². The van der Waals surface area contributed by atoms with Crippen LogP contribution in [0.3, 0.4) is 0 Å². The Kier molecular flexibility index (Phi) is 5.74. The average Bonchev–Trinajstić information content (AvgIpc) is 3.14. The molecule has 5 nitrogen and oxygen atoms in total. The van der Waals surface area contributed by atoms with E-state index in [0.717, 1.165) is 11.1 Å². The Bertz CT molecular complexity index is 989. The van der Waals surface area contributed by atoms with Gasteiger partial charge in [-0.1, -0.05) is 35.9 Å². The second-order valence-electron chi connectivity index (χ2n) is 5.74.